The van der Waals surface area contributed by atoms with E-state index in [1.165, 1.54) is 36.5 Å². The molecule has 0 fully saturated rings. The van der Waals surface area contributed by atoms with E-state index in [1.807, 2.05) is 0 Å². The number of ketones is 1. The highest BCUT2D eigenvalue weighted by atomic mass is 35.5. The highest BCUT2D eigenvalue weighted by Gasteiger charge is 2.03. The largest absolute Gasteiger partial charge is 0.360 e. The smallest absolute Gasteiger partial charge is 0.187 e. The standard InChI is InChI=1S/C15H10Cl2FNO/c16-12-2-1-3-13(15(12)17)19-9-8-14(20)10-4-6-11(18)7-5-10/h1-9,19H/b9-8+. The molecule has 0 aliphatic rings. The third-order valence-electron chi connectivity index (χ3n) is 2.55. The second-order valence-electron chi connectivity index (χ2n) is 3.95. The number of hydrogen-bond acceptors (Lipinski definition) is 2. The number of carbonyl (C=O) groups is 1. The highest BCUT2D eigenvalue weighted by Crippen LogP contribution is 2.29. The number of rotatable bonds is 4. The maximum Gasteiger partial charge on any atom is 0.187 e. The Morgan fingerprint density at radius 1 is 1.10 bits per heavy atom. The molecular weight excluding hydrogens is 300 g/mol. The first-order valence-corrected chi connectivity index (χ1v) is 6.50. The number of hydrogen-bond donors (Lipinski definition) is 1. The van der Waals surface area contributed by atoms with Crippen molar-refractivity contribution in [1.29, 1.82) is 0 Å². The lowest BCUT2D eigenvalue weighted by atomic mass is 10.1. The van der Waals surface area contributed by atoms with Gasteiger partial charge in [0, 0.05) is 17.8 Å². The van der Waals surface area contributed by atoms with E-state index < -0.39 is 0 Å². The summed E-state index contributed by atoms with van der Waals surface area (Å²) >= 11 is 11.9. The van der Waals surface area contributed by atoms with Crippen LogP contribution in [0.4, 0.5) is 10.1 Å². The predicted molar refractivity (Wildman–Crippen MR) is 80.0 cm³/mol. The summed E-state index contributed by atoms with van der Waals surface area (Å²) in [6.07, 6.45) is 2.80. The van der Waals surface area contributed by atoms with Crippen molar-refractivity contribution in [2.24, 2.45) is 0 Å². The van der Waals surface area contributed by atoms with Crippen LogP contribution in [0, 0.1) is 5.82 Å². The van der Waals surface area contributed by atoms with Crippen LogP contribution in [0.5, 0.6) is 0 Å². The number of allylic oxidation sites excluding steroid dienone is 1. The van der Waals surface area contributed by atoms with E-state index in [2.05, 4.69) is 5.32 Å². The Balaban J connectivity index is 2.05. The number of carbonyl (C=O) groups excluding carboxylic acids is 1. The van der Waals surface area contributed by atoms with Gasteiger partial charge in [-0.1, -0.05) is 29.3 Å². The van der Waals surface area contributed by atoms with Crippen LogP contribution in [-0.4, -0.2) is 5.78 Å². The molecule has 2 aromatic carbocycles. The van der Waals surface area contributed by atoms with Gasteiger partial charge >= 0.3 is 0 Å². The van der Waals surface area contributed by atoms with Gasteiger partial charge in [0.15, 0.2) is 5.78 Å². The van der Waals surface area contributed by atoms with Gasteiger partial charge in [0.05, 0.1) is 15.7 Å². The van der Waals surface area contributed by atoms with Crippen LogP contribution in [0.1, 0.15) is 10.4 Å². The summed E-state index contributed by atoms with van der Waals surface area (Å²) in [6, 6.07) is 10.5. The van der Waals surface area contributed by atoms with Crippen LogP contribution in [0.15, 0.2) is 54.7 Å². The Morgan fingerprint density at radius 2 is 1.80 bits per heavy atom. The Hall–Kier alpha value is -1.84. The minimum atomic E-state index is -0.380. The zero-order chi connectivity index (χ0) is 14.5. The monoisotopic (exact) mass is 309 g/mol. The molecule has 102 valence electrons. The average Bonchev–Trinajstić information content (AvgIpc) is 2.44. The van der Waals surface area contributed by atoms with Gasteiger partial charge < -0.3 is 5.32 Å². The summed E-state index contributed by atoms with van der Waals surface area (Å²) in [4.78, 5) is 11.8. The first kappa shape index (κ1) is 14.6. The second-order valence-corrected chi connectivity index (χ2v) is 4.74. The molecule has 0 bridgehead atoms. The molecule has 0 radical (unpaired) electrons. The Kier molecular flexibility index (Phi) is 4.77. The van der Waals surface area contributed by atoms with Crippen molar-refractivity contribution < 1.29 is 9.18 Å². The SMILES string of the molecule is O=C(/C=C/Nc1cccc(Cl)c1Cl)c1ccc(F)cc1. The topological polar surface area (TPSA) is 29.1 Å². The fraction of sp³-hybridized carbons (Fsp3) is 0. The summed E-state index contributed by atoms with van der Waals surface area (Å²) < 4.78 is 12.7. The normalized spacial score (nSPS) is 10.8. The van der Waals surface area contributed by atoms with Gasteiger partial charge in [0.25, 0.3) is 0 Å². The molecule has 0 amide bonds. The lowest BCUT2D eigenvalue weighted by Gasteiger charge is -2.04. The molecule has 0 unspecified atom stereocenters. The van der Waals surface area contributed by atoms with Gasteiger partial charge in [-0.05, 0) is 36.4 Å². The van der Waals surface area contributed by atoms with Gasteiger partial charge in [-0.15, -0.1) is 0 Å². The van der Waals surface area contributed by atoms with E-state index in [0.29, 0.717) is 21.3 Å². The molecule has 0 heterocycles. The van der Waals surface area contributed by atoms with E-state index >= 15 is 0 Å². The Labute approximate surface area is 125 Å². The summed E-state index contributed by atoms with van der Waals surface area (Å²) in [5, 5.41) is 3.68. The second kappa shape index (κ2) is 6.55. The summed E-state index contributed by atoms with van der Waals surface area (Å²) in [7, 11) is 0. The summed E-state index contributed by atoms with van der Waals surface area (Å²) in [6.45, 7) is 0. The van der Waals surface area contributed by atoms with Crippen molar-refractivity contribution in [3.63, 3.8) is 0 Å². The quantitative estimate of drug-likeness (QED) is 0.640. The predicted octanol–water partition coefficient (Wildman–Crippen LogP) is 4.94. The van der Waals surface area contributed by atoms with E-state index in [9.17, 15) is 9.18 Å². The van der Waals surface area contributed by atoms with Gasteiger partial charge in [-0.3, -0.25) is 4.79 Å². The summed E-state index contributed by atoms with van der Waals surface area (Å²) in [5.41, 5.74) is 1.00. The lowest BCUT2D eigenvalue weighted by molar-refractivity contribution is 0.104. The molecule has 0 saturated heterocycles. The highest BCUT2D eigenvalue weighted by molar-refractivity contribution is 6.43. The van der Waals surface area contributed by atoms with E-state index in [4.69, 9.17) is 23.2 Å². The van der Waals surface area contributed by atoms with Gasteiger partial charge in [0.2, 0.25) is 0 Å². The molecule has 0 atom stereocenters. The molecule has 0 aliphatic heterocycles. The molecule has 2 rings (SSSR count). The molecular formula is C15H10Cl2FNO. The van der Waals surface area contributed by atoms with Gasteiger partial charge in [-0.2, -0.15) is 0 Å². The maximum absolute atomic E-state index is 12.7. The number of benzene rings is 2. The molecule has 20 heavy (non-hydrogen) atoms. The van der Waals surface area contributed by atoms with Gasteiger partial charge in [0.1, 0.15) is 5.82 Å². The molecule has 1 N–H and O–H groups in total. The fourth-order valence-corrected chi connectivity index (χ4v) is 1.89. The number of nitrogens with one attached hydrogen (secondary N) is 1. The Bertz CT molecular complexity index is 653. The van der Waals surface area contributed by atoms with Crippen molar-refractivity contribution in [1.82, 2.24) is 0 Å². The number of halogens is 3. The van der Waals surface area contributed by atoms with Crippen LogP contribution >= 0.6 is 23.2 Å². The average molecular weight is 310 g/mol. The molecule has 0 spiro atoms. The zero-order valence-corrected chi connectivity index (χ0v) is 11.8. The first-order chi connectivity index (χ1) is 9.58. The first-order valence-electron chi connectivity index (χ1n) is 5.75. The maximum atomic E-state index is 12.7. The Morgan fingerprint density at radius 3 is 2.50 bits per heavy atom. The van der Waals surface area contributed by atoms with Crippen LogP contribution in [0.3, 0.4) is 0 Å². The molecule has 0 saturated carbocycles. The van der Waals surface area contributed by atoms with Crippen molar-refractivity contribution in [2.45, 2.75) is 0 Å². The van der Waals surface area contributed by atoms with Crippen molar-refractivity contribution in [3.05, 3.63) is 76.2 Å². The molecule has 0 aliphatic carbocycles. The van der Waals surface area contributed by atoms with E-state index in [1.54, 1.807) is 18.2 Å². The van der Waals surface area contributed by atoms with E-state index in [0.717, 1.165) is 0 Å². The van der Waals surface area contributed by atoms with Crippen LogP contribution in [0.25, 0.3) is 0 Å². The minimum absolute atomic E-state index is 0.240. The van der Waals surface area contributed by atoms with Crippen LogP contribution in [-0.2, 0) is 0 Å². The third kappa shape index (κ3) is 3.59. The van der Waals surface area contributed by atoms with Crippen molar-refractivity contribution >= 4 is 34.7 Å². The third-order valence-corrected chi connectivity index (χ3v) is 3.37. The van der Waals surface area contributed by atoms with Crippen molar-refractivity contribution in [3.8, 4) is 0 Å². The molecule has 5 heteroatoms. The van der Waals surface area contributed by atoms with E-state index in [-0.39, 0.29) is 11.6 Å². The lowest BCUT2D eigenvalue weighted by Crippen LogP contribution is -1.96. The van der Waals surface area contributed by atoms with Crippen LogP contribution in [0.2, 0.25) is 10.0 Å². The molecule has 2 aromatic rings. The fourth-order valence-electron chi connectivity index (χ4n) is 1.53. The molecule has 2 nitrogen and oxygen atoms in total. The van der Waals surface area contributed by atoms with Crippen LogP contribution < -0.4 is 5.32 Å². The van der Waals surface area contributed by atoms with Gasteiger partial charge in [-0.25, -0.2) is 4.39 Å². The summed E-state index contributed by atoms with van der Waals surface area (Å²) in [5.74, 6) is -0.620. The molecule has 0 aromatic heterocycles. The number of anilines is 1. The van der Waals surface area contributed by atoms with Crippen molar-refractivity contribution in [2.75, 3.05) is 5.32 Å². The minimum Gasteiger partial charge on any atom is -0.360 e. The zero-order valence-electron chi connectivity index (χ0n) is 10.2.